The van der Waals surface area contributed by atoms with Crippen LogP contribution in [0.5, 0.6) is 5.75 Å². The molecule has 9 nitrogen and oxygen atoms in total. The van der Waals surface area contributed by atoms with Crippen molar-refractivity contribution >= 4 is 21.6 Å². The Hall–Kier alpha value is -4.09. The van der Waals surface area contributed by atoms with Crippen LogP contribution < -0.4 is 14.8 Å². The normalized spacial score (nSPS) is 11.2. The average molecular weight is 482 g/mol. The molecular weight excluding hydrogens is 463 g/mol. The first-order chi connectivity index (χ1) is 16.4. The molecule has 0 atom stereocenters. The molecular formula is C23H19FN4O5S. The molecule has 0 radical (unpaired) electrons. The van der Waals surface area contributed by atoms with Crippen molar-refractivity contribution in [3.05, 3.63) is 90.6 Å². The number of sulfonamides is 1. The van der Waals surface area contributed by atoms with E-state index in [9.17, 15) is 17.6 Å². The van der Waals surface area contributed by atoms with Crippen LogP contribution in [0.1, 0.15) is 5.89 Å². The summed E-state index contributed by atoms with van der Waals surface area (Å²) in [5.41, 5.74) is 1.25. The van der Waals surface area contributed by atoms with Gasteiger partial charge < -0.3 is 14.5 Å². The molecule has 0 bridgehead atoms. The lowest BCUT2D eigenvalue weighted by molar-refractivity contribution is -0.115. The van der Waals surface area contributed by atoms with Crippen LogP contribution in [0.25, 0.3) is 11.5 Å². The third-order valence-corrected chi connectivity index (χ3v) is 5.95. The molecule has 0 saturated heterocycles. The summed E-state index contributed by atoms with van der Waals surface area (Å²) in [4.78, 5) is 12.0. The van der Waals surface area contributed by atoms with Gasteiger partial charge in [0, 0.05) is 11.3 Å². The Bertz CT molecular complexity index is 1360. The molecule has 2 N–H and O–H groups in total. The van der Waals surface area contributed by atoms with Crippen molar-refractivity contribution < 1.29 is 26.8 Å². The number of hydrogen-bond acceptors (Lipinski definition) is 7. The fourth-order valence-electron chi connectivity index (χ4n) is 2.85. The summed E-state index contributed by atoms with van der Waals surface area (Å²) < 4.78 is 50.7. The summed E-state index contributed by atoms with van der Waals surface area (Å²) in [6, 6.07) is 20.1. The van der Waals surface area contributed by atoms with E-state index in [0.29, 0.717) is 23.2 Å². The van der Waals surface area contributed by atoms with Crippen molar-refractivity contribution in [3.8, 4) is 17.2 Å². The van der Waals surface area contributed by atoms with Gasteiger partial charge in [0.2, 0.25) is 21.8 Å². The Kier molecular flexibility index (Phi) is 6.95. The number of carbonyl (C=O) groups excluding carboxylic acids is 1. The standard InChI is InChI=1S/C23H19FN4O5S/c24-17-6-12-20(13-7-17)34(30,31)25-14-21(29)26-18-8-10-19(11-9-18)32-15-22-27-28-23(33-22)16-4-2-1-3-5-16/h1-13,25H,14-15H2,(H,26,29). The number of rotatable bonds is 9. The van der Waals surface area contributed by atoms with Gasteiger partial charge in [-0.25, -0.2) is 17.5 Å². The predicted molar refractivity (Wildman–Crippen MR) is 121 cm³/mol. The first-order valence-corrected chi connectivity index (χ1v) is 11.5. The molecule has 0 fully saturated rings. The SMILES string of the molecule is O=C(CNS(=O)(=O)c1ccc(F)cc1)Nc1ccc(OCc2nnc(-c3ccccc3)o2)cc1. The molecule has 0 aliphatic carbocycles. The molecule has 1 aromatic heterocycles. The van der Waals surface area contributed by atoms with E-state index in [-0.39, 0.29) is 11.5 Å². The maximum Gasteiger partial charge on any atom is 0.254 e. The summed E-state index contributed by atoms with van der Waals surface area (Å²) in [7, 11) is -3.94. The second-order valence-corrected chi connectivity index (χ2v) is 8.77. The molecule has 0 aliphatic rings. The Morgan fingerprint density at radius 2 is 1.65 bits per heavy atom. The summed E-state index contributed by atoms with van der Waals surface area (Å²) in [5, 5.41) is 10.5. The molecule has 4 aromatic rings. The van der Waals surface area contributed by atoms with E-state index in [4.69, 9.17) is 9.15 Å². The van der Waals surface area contributed by atoms with E-state index < -0.39 is 28.3 Å². The summed E-state index contributed by atoms with van der Waals surface area (Å²) >= 11 is 0. The van der Waals surface area contributed by atoms with Crippen molar-refractivity contribution in [1.82, 2.24) is 14.9 Å². The Morgan fingerprint density at radius 3 is 2.35 bits per heavy atom. The Morgan fingerprint density at radius 1 is 0.941 bits per heavy atom. The van der Waals surface area contributed by atoms with Gasteiger partial charge in [-0.15, -0.1) is 10.2 Å². The zero-order valence-corrected chi connectivity index (χ0v) is 18.5. The largest absolute Gasteiger partial charge is 0.484 e. The smallest absolute Gasteiger partial charge is 0.254 e. The minimum absolute atomic E-state index is 0.0662. The summed E-state index contributed by atoms with van der Waals surface area (Å²) in [5.74, 6) is 0.0863. The van der Waals surface area contributed by atoms with Crippen LogP contribution in [0.4, 0.5) is 10.1 Å². The van der Waals surface area contributed by atoms with Crippen LogP contribution in [0.15, 0.2) is 88.2 Å². The van der Waals surface area contributed by atoms with Crippen molar-refractivity contribution in [3.63, 3.8) is 0 Å². The van der Waals surface area contributed by atoms with E-state index in [1.54, 1.807) is 24.3 Å². The van der Waals surface area contributed by atoms with E-state index in [1.807, 2.05) is 30.3 Å². The van der Waals surface area contributed by atoms with E-state index in [2.05, 4.69) is 20.2 Å². The number of nitrogens with one attached hydrogen (secondary N) is 2. The first kappa shape index (κ1) is 23.1. The lowest BCUT2D eigenvalue weighted by atomic mass is 10.2. The lowest BCUT2D eigenvalue weighted by Gasteiger charge is -2.09. The highest BCUT2D eigenvalue weighted by molar-refractivity contribution is 7.89. The van der Waals surface area contributed by atoms with Gasteiger partial charge in [0.05, 0.1) is 11.4 Å². The topological polar surface area (TPSA) is 123 Å². The number of ether oxygens (including phenoxy) is 1. The zero-order chi connectivity index (χ0) is 24.0. The Labute approximate surface area is 194 Å². The highest BCUT2D eigenvalue weighted by atomic mass is 32.2. The molecule has 0 saturated carbocycles. The zero-order valence-electron chi connectivity index (χ0n) is 17.6. The number of carbonyl (C=O) groups is 1. The number of nitrogens with zero attached hydrogens (tertiary/aromatic N) is 2. The van der Waals surface area contributed by atoms with Gasteiger partial charge in [-0.1, -0.05) is 18.2 Å². The molecule has 0 spiro atoms. The summed E-state index contributed by atoms with van der Waals surface area (Å²) in [6.45, 7) is -0.421. The Balaban J connectivity index is 1.26. The van der Waals surface area contributed by atoms with E-state index in [1.165, 1.54) is 0 Å². The maximum atomic E-state index is 13.0. The fraction of sp³-hybridized carbons (Fsp3) is 0.0870. The molecule has 0 unspecified atom stereocenters. The average Bonchev–Trinajstić information content (AvgIpc) is 3.32. The minimum Gasteiger partial charge on any atom is -0.484 e. The first-order valence-electron chi connectivity index (χ1n) is 10.0. The minimum atomic E-state index is -3.94. The van der Waals surface area contributed by atoms with Crippen LogP contribution >= 0.6 is 0 Å². The van der Waals surface area contributed by atoms with E-state index >= 15 is 0 Å². The fourth-order valence-corrected chi connectivity index (χ4v) is 3.83. The van der Waals surface area contributed by atoms with Gasteiger partial charge in [-0.3, -0.25) is 4.79 Å². The van der Waals surface area contributed by atoms with Crippen molar-refractivity contribution in [1.29, 1.82) is 0 Å². The summed E-state index contributed by atoms with van der Waals surface area (Å²) in [6.07, 6.45) is 0. The van der Waals surface area contributed by atoms with Gasteiger partial charge in [0.25, 0.3) is 5.89 Å². The number of halogens is 1. The second-order valence-electron chi connectivity index (χ2n) is 7.01. The molecule has 3 aromatic carbocycles. The van der Waals surface area contributed by atoms with Gasteiger partial charge in [0.15, 0.2) is 6.61 Å². The molecule has 4 rings (SSSR count). The number of amides is 1. The van der Waals surface area contributed by atoms with Crippen LogP contribution in [0.3, 0.4) is 0 Å². The quantitative estimate of drug-likeness (QED) is 0.375. The van der Waals surface area contributed by atoms with Crippen LogP contribution in [0.2, 0.25) is 0 Å². The van der Waals surface area contributed by atoms with Crippen molar-refractivity contribution in [2.24, 2.45) is 0 Å². The molecule has 174 valence electrons. The van der Waals surface area contributed by atoms with Crippen molar-refractivity contribution in [2.75, 3.05) is 11.9 Å². The number of benzene rings is 3. The van der Waals surface area contributed by atoms with Gasteiger partial charge >= 0.3 is 0 Å². The van der Waals surface area contributed by atoms with Crippen LogP contribution in [0, 0.1) is 5.82 Å². The maximum absolute atomic E-state index is 13.0. The monoisotopic (exact) mass is 482 g/mol. The predicted octanol–water partition coefficient (Wildman–Crippen LogP) is 3.37. The highest BCUT2D eigenvalue weighted by Crippen LogP contribution is 2.20. The second kappa shape index (κ2) is 10.2. The van der Waals surface area contributed by atoms with Gasteiger partial charge in [0.1, 0.15) is 11.6 Å². The molecule has 34 heavy (non-hydrogen) atoms. The molecule has 1 heterocycles. The number of hydrogen-bond donors (Lipinski definition) is 2. The van der Waals surface area contributed by atoms with Crippen molar-refractivity contribution in [2.45, 2.75) is 11.5 Å². The van der Waals surface area contributed by atoms with E-state index in [0.717, 1.165) is 29.8 Å². The highest BCUT2D eigenvalue weighted by Gasteiger charge is 2.15. The molecule has 11 heteroatoms. The number of aromatic nitrogens is 2. The van der Waals surface area contributed by atoms with Gasteiger partial charge in [-0.2, -0.15) is 0 Å². The lowest BCUT2D eigenvalue weighted by Crippen LogP contribution is -2.32. The molecule has 0 aliphatic heterocycles. The van der Waals surface area contributed by atoms with Gasteiger partial charge in [-0.05, 0) is 60.7 Å². The van der Waals surface area contributed by atoms with Crippen LogP contribution in [-0.4, -0.2) is 31.1 Å². The third kappa shape index (κ3) is 6.03. The van der Waals surface area contributed by atoms with Crippen LogP contribution in [-0.2, 0) is 21.4 Å². The molecule has 1 amide bonds. The number of anilines is 1. The third-order valence-electron chi connectivity index (χ3n) is 4.53.